The van der Waals surface area contributed by atoms with Crippen LogP contribution in [-0.2, 0) is 13.0 Å². The summed E-state index contributed by atoms with van der Waals surface area (Å²) in [6, 6.07) is 7.30. The molecule has 0 spiro atoms. The lowest BCUT2D eigenvalue weighted by Crippen LogP contribution is -2.36. The first-order chi connectivity index (χ1) is 9.59. The molecule has 0 aliphatic carbocycles. The third-order valence-corrected chi connectivity index (χ3v) is 4.48. The van der Waals surface area contributed by atoms with Crippen molar-refractivity contribution in [2.75, 3.05) is 20.1 Å². The zero-order valence-electron chi connectivity index (χ0n) is 12.9. The summed E-state index contributed by atoms with van der Waals surface area (Å²) in [5.74, 6) is 1.15. The van der Waals surface area contributed by atoms with Crippen LogP contribution in [0.15, 0.2) is 18.2 Å². The number of para-hydroxylation sites is 1. The van der Waals surface area contributed by atoms with Crippen molar-refractivity contribution in [1.82, 2.24) is 10.2 Å². The molecule has 1 unspecified atom stereocenters. The van der Waals surface area contributed by atoms with E-state index in [1.165, 1.54) is 30.5 Å². The topological polar surface area (TPSA) is 24.5 Å². The van der Waals surface area contributed by atoms with E-state index < -0.39 is 0 Å². The number of fused-ring (bicyclic) bond motifs is 1. The standard InChI is InChI=1S/C17H26N2O/c1-17(2)10-13-6-4-7-14(16(13)20-17)12-19-9-5-8-15(19)11-18-3/h4,6-7,15,18H,5,8-12H2,1-3H3. The van der Waals surface area contributed by atoms with E-state index in [9.17, 15) is 0 Å². The van der Waals surface area contributed by atoms with Gasteiger partial charge in [0.2, 0.25) is 0 Å². The smallest absolute Gasteiger partial charge is 0.127 e. The van der Waals surface area contributed by atoms with Gasteiger partial charge in [0.15, 0.2) is 0 Å². The van der Waals surface area contributed by atoms with Gasteiger partial charge in [-0.15, -0.1) is 0 Å². The van der Waals surface area contributed by atoms with Crippen LogP contribution in [0.25, 0.3) is 0 Å². The first-order valence-electron chi connectivity index (χ1n) is 7.77. The molecule has 3 nitrogen and oxygen atoms in total. The third kappa shape index (κ3) is 2.70. The maximum atomic E-state index is 6.19. The number of benzene rings is 1. The summed E-state index contributed by atoms with van der Waals surface area (Å²) in [5, 5.41) is 3.32. The van der Waals surface area contributed by atoms with Gasteiger partial charge in [-0.25, -0.2) is 0 Å². The molecule has 1 atom stereocenters. The fourth-order valence-corrected chi connectivity index (χ4v) is 3.59. The molecule has 1 saturated heterocycles. The predicted molar refractivity (Wildman–Crippen MR) is 82.2 cm³/mol. The van der Waals surface area contributed by atoms with E-state index in [0.717, 1.165) is 25.3 Å². The SMILES string of the molecule is CNCC1CCCN1Cc1cccc2c1OC(C)(C)C2. The minimum atomic E-state index is -0.0478. The number of nitrogens with one attached hydrogen (secondary N) is 1. The molecule has 0 radical (unpaired) electrons. The second-order valence-electron chi connectivity index (χ2n) is 6.77. The molecule has 2 heterocycles. The molecule has 1 aromatic rings. The molecular formula is C17H26N2O. The van der Waals surface area contributed by atoms with Gasteiger partial charge in [-0.3, -0.25) is 4.90 Å². The number of hydrogen-bond donors (Lipinski definition) is 1. The number of hydrogen-bond acceptors (Lipinski definition) is 3. The van der Waals surface area contributed by atoms with E-state index in [4.69, 9.17) is 4.74 Å². The van der Waals surface area contributed by atoms with Gasteiger partial charge in [-0.1, -0.05) is 18.2 Å². The molecular weight excluding hydrogens is 248 g/mol. The molecule has 0 bridgehead atoms. The number of ether oxygens (including phenoxy) is 1. The van der Waals surface area contributed by atoms with E-state index >= 15 is 0 Å². The van der Waals surface area contributed by atoms with Gasteiger partial charge >= 0.3 is 0 Å². The lowest BCUT2D eigenvalue weighted by Gasteiger charge is -2.25. The highest BCUT2D eigenvalue weighted by Crippen LogP contribution is 2.38. The Morgan fingerprint density at radius 1 is 1.40 bits per heavy atom. The minimum absolute atomic E-state index is 0.0478. The molecule has 3 heteroatoms. The van der Waals surface area contributed by atoms with Gasteiger partial charge in [0.1, 0.15) is 11.4 Å². The fourth-order valence-electron chi connectivity index (χ4n) is 3.59. The predicted octanol–water partition coefficient (Wildman–Crippen LogP) is 2.58. The van der Waals surface area contributed by atoms with Crippen LogP contribution >= 0.6 is 0 Å². The highest BCUT2D eigenvalue weighted by molar-refractivity contribution is 5.45. The summed E-state index contributed by atoms with van der Waals surface area (Å²) in [6.45, 7) is 7.67. The Morgan fingerprint density at radius 3 is 3.05 bits per heavy atom. The summed E-state index contributed by atoms with van der Waals surface area (Å²) in [4.78, 5) is 2.60. The van der Waals surface area contributed by atoms with E-state index in [0.29, 0.717) is 6.04 Å². The van der Waals surface area contributed by atoms with Crippen LogP contribution in [0.3, 0.4) is 0 Å². The van der Waals surface area contributed by atoms with Crippen LogP contribution in [0.1, 0.15) is 37.8 Å². The van der Waals surface area contributed by atoms with Crippen LogP contribution in [0.4, 0.5) is 0 Å². The van der Waals surface area contributed by atoms with Crippen molar-refractivity contribution >= 4 is 0 Å². The van der Waals surface area contributed by atoms with Gasteiger partial charge in [0, 0.05) is 31.1 Å². The number of likely N-dealkylation sites (N-methyl/N-ethyl adjacent to an activating group) is 1. The van der Waals surface area contributed by atoms with E-state index in [-0.39, 0.29) is 5.60 Å². The normalized spacial score (nSPS) is 24.6. The van der Waals surface area contributed by atoms with Gasteiger partial charge in [0.05, 0.1) is 0 Å². The molecule has 110 valence electrons. The van der Waals surface area contributed by atoms with Gasteiger partial charge in [0.25, 0.3) is 0 Å². The maximum Gasteiger partial charge on any atom is 0.127 e. The average Bonchev–Trinajstić information content (AvgIpc) is 2.93. The zero-order valence-corrected chi connectivity index (χ0v) is 12.9. The van der Waals surface area contributed by atoms with E-state index in [1.807, 2.05) is 7.05 Å². The second kappa shape index (κ2) is 5.38. The molecule has 0 aromatic heterocycles. The monoisotopic (exact) mass is 274 g/mol. The Hall–Kier alpha value is -1.06. The van der Waals surface area contributed by atoms with E-state index in [2.05, 4.69) is 42.3 Å². The molecule has 20 heavy (non-hydrogen) atoms. The van der Waals surface area contributed by atoms with Crippen molar-refractivity contribution in [1.29, 1.82) is 0 Å². The summed E-state index contributed by atoms with van der Waals surface area (Å²) in [6.07, 6.45) is 3.64. The Bertz CT molecular complexity index is 484. The Balaban J connectivity index is 1.78. The van der Waals surface area contributed by atoms with Crippen molar-refractivity contribution in [3.63, 3.8) is 0 Å². The lowest BCUT2D eigenvalue weighted by atomic mass is 10.0. The summed E-state index contributed by atoms with van der Waals surface area (Å²) >= 11 is 0. The zero-order chi connectivity index (χ0) is 14.2. The van der Waals surface area contributed by atoms with Crippen LogP contribution < -0.4 is 10.1 Å². The molecule has 0 saturated carbocycles. The molecule has 1 aromatic carbocycles. The largest absolute Gasteiger partial charge is 0.487 e. The van der Waals surface area contributed by atoms with Crippen LogP contribution in [0.2, 0.25) is 0 Å². The fraction of sp³-hybridized carbons (Fsp3) is 0.647. The number of nitrogens with zero attached hydrogens (tertiary/aromatic N) is 1. The quantitative estimate of drug-likeness (QED) is 0.913. The lowest BCUT2D eigenvalue weighted by molar-refractivity contribution is 0.135. The first-order valence-corrected chi connectivity index (χ1v) is 7.77. The minimum Gasteiger partial charge on any atom is -0.487 e. The van der Waals surface area contributed by atoms with Crippen LogP contribution in [-0.4, -0.2) is 36.7 Å². The Labute approximate surface area is 122 Å². The van der Waals surface area contributed by atoms with Crippen molar-refractivity contribution in [3.8, 4) is 5.75 Å². The van der Waals surface area contributed by atoms with Gasteiger partial charge in [-0.2, -0.15) is 0 Å². The molecule has 2 aliphatic rings. The second-order valence-corrected chi connectivity index (χ2v) is 6.77. The van der Waals surface area contributed by atoms with Gasteiger partial charge < -0.3 is 10.1 Å². The Kier molecular flexibility index (Phi) is 3.74. The summed E-state index contributed by atoms with van der Waals surface area (Å²) in [7, 11) is 2.04. The van der Waals surface area contributed by atoms with Crippen molar-refractivity contribution in [2.45, 2.75) is 51.3 Å². The number of likely N-dealkylation sites (tertiary alicyclic amines) is 1. The Morgan fingerprint density at radius 2 is 2.25 bits per heavy atom. The first kappa shape index (κ1) is 13.9. The highest BCUT2D eigenvalue weighted by atomic mass is 16.5. The highest BCUT2D eigenvalue weighted by Gasteiger charge is 2.32. The molecule has 1 N–H and O–H groups in total. The molecule has 1 fully saturated rings. The van der Waals surface area contributed by atoms with Crippen molar-refractivity contribution in [2.24, 2.45) is 0 Å². The number of rotatable bonds is 4. The molecule has 2 aliphatic heterocycles. The average molecular weight is 274 g/mol. The van der Waals surface area contributed by atoms with Crippen molar-refractivity contribution < 1.29 is 4.74 Å². The molecule has 3 rings (SSSR count). The maximum absolute atomic E-state index is 6.19. The van der Waals surface area contributed by atoms with Crippen LogP contribution in [0.5, 0.6) is 5.75 Å². The summed E-state index contributed by atoms with van der Waals surface area (Å²) in [5.41, 5.74) is 2.68. The van der Waals surface area contributed by atoms with Crippen LogP contribution in [0, 0.1) is 0 Å². The third-order valence-electron chi connectivity index (χ3n) is 4.48. The summed E-state index contributed by atoms with van der Waals surface area (Å²) < 4.78 is 6.19. The van der Waals surface area contributed by atoms with E-state index in [1.54, 1.807) is 0 Å². The van der Waals surface area contributed by atoms with Crippen molar-refractivity contribution in [3.05, 3.63) is 29.3 Å². The molecule has 0 amide bonds. The van der Waals surface area contributed by atoms with Gasteiger partial charge in [-0.05, 0) is 45.8 Å².